The van der Waals surface area contributed by atoms with Gasteiger partial charge in [0, 0.05) is 24.9 Å². The lowest BCUT2D eigenvalue weighted by molar-refractivity contribution is -0.134. The van der Waals surface area contributed by atoms with Gasteiger partial charge in [0.25, 0.3) is 11.5 Å². The number of carboxylic acids is 1. The summed E-state index contributed by atoms with van der Waals surface area (Å²) in [6.07, 6.45) is 1.63. The quantitative estimate of drug-likeness (QED) is 0.768. The maximum absolute atomic E-state index is 13.5. The van der Waals surface area contributed by atoms with E-state index in [-0.39, 0.29) is 22.5 Å². The average molecular weight is 357 g/mol. The van der Waals surface area contributed by atoms with Crippen LogP contribution in [0.25, 0.3) is 0 Å². The Labute approximate surface area is 142 Å². The van der Waals surface area contributed by atoms with E-state index in [1.807, 2.05) is 6.07 Å². The number of aromatic amines is 1. The molecular formula is C16H18ClFN2O4. The van der Waals surface area contributed by atoms with Crippen LogP contribution in [0.2, 0.25) is 5.02 Å². The van der Waals surface area contributed by atoms with Gasteiger partial charge in [0.15, 0.2) is 0 Å². The van der Waals surface area contributed by atoms with Crippen molar-refractivity contribution in [1.82, 2.24) is 10.5 Å². The van der Waals surface area contributed by atoms with E-state index < -0.39 is 11.8 Å². The summed E-state index contributed by atoms with van der Waals surface area (Å²) < 4.78 is 18.7. The van der Waals surface area contributed by atoms with Gasteiger partial charge in [-0.2, -0.15) is 5.16 Å². The lowest BCUT2D eigenvalue weighted by Gasteiger charge is -2.29. The lowest BCUT2D eigenvalue weighted by atomic mass is 9.87. The van der Waals surface area contributed by atoms with E-state index in [9.17, 15) is 9.18 Å². The molecule has 0 unspecified atom stereocenters. The first kappa shape index (κ1) is 18.2. The lowest BCUT2D eigenvalue weighted by Crippen LogP contribution is -2.30. The molecule has 0 bridgehead atoms. The van der Waals surface area contributed by atoms with Crippen molar-refractivity contribution in [2.75, 3.05) is 6.54 Å². The van der Waals surface area contributed by atoms with E-state index in [0.29, 0.717) is 5.76 Å². The Balaban J connectivity index is 0.000000471. The summed E-state index contributed by atoms with van der Waals surface area (Å²) in [4.78, 5) is 20.1. The summed E-state index contributed by atoms with van der Waals surface area (Å²) in [7, 11) is 0. The third-order valence-corrected chi connectivity index (χ3v) is 4.00. The number of piperidine rings is 1. The van der Waals surface area contributed by atoms with E-state index in [2.05, 4.69) is 10.5 Å². The van der Waals surface area contributed by atoms with Gasteiger partial charge in [-0.3, -0.25) is 9.59 Å². The average Bonchev–Trinajstić information content (AvgIpc) is 2.96. The second-order valence-electron chi connectivity index (χ2n) is 5.54. The number of halogens is 2. The second kappa shape index (κ2) is 8.12. The van der Waals surface area contributed by atoms with E-state index in [4.69, 9.17) is 26.0 Å². The number of hydrogen-bond donors (Lipinski definition) is 3. The minimum atomic E-state index is -0.833. The maximum atomic E-state index is 13.5. The number of aliphatic carboxylic acids is 1. The maximum Gasteiger partial charge on any atom is 0.300 e. The Bertz CT molecular complexity index is 755. The minimum absolute atomic E-state index is 0.0284. The third kappa shape index (κ3) is 4.94. The number of carbonyl (C=O) groups is 1. The highest BCUT2D eigenvalue weighted by Gasteiger charge is 2.26. The number of hydrogen-bond acceptors (Lipinski definition) is 4. The third-order valence-electron chi connectivity index (χ3n) is 3.69. The zero-order chi connectivity index (χ0) is 17.7. The van der Waals surface area contributed by atoms with Crippen molar-refractivity contribution in [3.8, 4) is 0 Å². The fourth-order valence-electron chi connectivity index (χ4n) is 2.66. The molecule has 0 saturated carbocycles. The van der Waals surface area contributed by atoms with Gasteiger partial charge in [0.2, 0.25) is 0 Å². The zero-order valence-corrected chi connectivity index (χ0v) is 13.8. The molecule has 2 aromatic rings. The molecule has 1 fully saturated rings. The van der Waals surface area contributed by atoms with Crippen LogP contribution in [-0.2, 0) is 4.79 Å². The van der Waals surface area contributed by atoms with E-state index >= 15 is 0 Å². The van der Waals surface area contributed by atoms with Crippen LogP contribution in [0, 0.1) is 5.82 Å². The summed E-state index contributed by atoms with van der Waals surface area (Å²) in [6, 6.07) is 6.35. The first-order valence-electron chi connectivity index (χ1n) is 7.43. The van der Waals surface area contributed by atoms with E-state index in [1.165, 1.54) is 12.1 Å². The van der Waals surface area contributed by atoms with E-state index in [1.54, 1.807) is 6.07 Å². The van der Waals surface area contributed by atoms with Crippen LogP contribution in [-0.4, -0.2) is 22.8 Å². The molecule has 2 heterocycles. The highest BCUT2D eigenvalue weighted by atomic mass is 35.5. The summed E-state index contributed by atoms with van der Waals surface area (Å²) >= 11 is 5.70. The Kier molecular flexibility index (Phi) is 6.16. The minimum Gasteiger partial charge on any atom is -0.481 e. The molecule has 8 heteroatoms. The first-order valence-corrected chi connectivity index (χ1v) is 7.81. The van der Waals surface area contributed by atoms with Gasteiger partial charge >= 0.3 is 0 Å². The van der Waals surface area contributed by atoms with Gasteiger partial charge in [-0.1, -0.05) is 17.7 Å². The molecule has 24 heavy (non-hydrogen) atoms. The largest absolute Gasteiger partial charge is 0.481 e. The predicted octanol–water partition coefficient (Wildman–Crippen LogP) is 3.06. The summed E-state index contributed by atoms with van der Waals surface area (Å²) in [5.41, 5.74) is 0.627. The fraction of sp³-hybridized carbons (Fsp3) is 0.375. The van der Waals surface area contributed by atoms with Crippen molar-refractivity contribution in [3.05, 3.63) is 56.8 Å². The zero-order valence-electron chi connectivity index (χ0n) is 13.0. The molecule has 3 N–H and O–H groups in total. The highest BCUT2D eigenvalue weighted by Crippen LogP contribution is 2.34. The van der Waals surface area contributed by atoms with Gasteiger partial charge in [0.05, 0.1) is 5.02 Å². The monoisotopic (exact) mass is 356 g/mol. The van der Waals surface area contributed by atoms with Crippen molar-refractivity contribution in [2.24, 2.45) is 0 Å². The van der Waals surface area contributed by atoms with Gasteiger partial charge in [-0.05, 0) is 37.1 Å². The van der Waals surface area contributed by atoms with Gasteiger partial charge in [-0.15, -0.1) is 0 Å². The number of benzene rings is 1. The van der Waals surface area contributed by atoms with Crippen LogP contribution >= 0.6 is 11.6 Å². The topological polar surface area (TPSA) is 95.3 Å². The predicted molar refractivity (Wildman–Crippen MR) is 86.8 cm³/mol. The molecule has 2 atom stereocenters. The molecule has 3 rings (SSSR count). The normalized spacial score (nSPS) is 20.1. The Hall–Kier alpha value is -2.12. The van der Waals surface area contributed by atoms with Crippen molar-refractivity contribution >= 4 is 17.6 Å². The molecule has 1 aromatic carbocycles. The Morgan fingerprint density at radius 2 is 2.12 bits per heavy atom. The van der Waals surface area contributed by atoms with Crippen LogP contribution in [0.4, 0.5) is 4.39 Å². The molecular weight excluding hydrogens is 339 g/mol. The standard InChI is InChI=1S/C14H14ClFN2O2.C2H4O2/c15-10-2-1-8(5-11(10)16)12-6-9(3-4-17-12)13-7-14(19)18-20-13;1-2(3)4/h1-2,5,7,9,12,17H,3-4,6H2,(H,18,19);1H3,(H,3,4)/t9-,12-;/m1./s1. The molecule has 1 aliphatic rings. The fourth-order valence-corrected chi connectivity index (χ4v) is 2.78. The molecule has 1 aliphatic heterocycles. The summed E-state index contributed by atoms with van der Waals surface area (Å²) in [6.45, 7) is 1.87. The number of carboxylic acid groups (broad SMARTS) is 1. The van der Waals surface area contributed by atoms with Gasteiger partial charge in [-0.25, -0.2) is 4.39 Å². The number of nitrogens with one attached hydrogen (secondary N) is 2. The molecule has 130 valence electrons. The van der Waals surface area contributed by atoms with Crippen molar-refractivity contribution < 1.29 is 18.8 Å². The molecule has 0 spiro atoms. The molecule has 1 saturated heterocycles. The number of H-pyrrole nitrogens is 1. The van der Waals surface area contributed by atoms with Crippen molar-refractivity contribution in [2.45, 2.75) is 31.7 Å². The van der Waals surface area contributed by atoms with Crippen LogP contribution < -0.4 is 10.9 Å². The SMILES string of the molecule is CC(=O)O.O=c1cc([C@@H]2CCN[C@@H](c3ccc(Cl)c(F)c3)C2)o[nH]1. The van der Waals surface area contributed by atoms with E-state index in [0.717, 1.165) is 31.9 Å². The van der Waals surface area contributed by atoms with Gasteiger partial charge < -0.3 is 14.9 Å². The second-order valence-corrected chi connectivity index (χ2v) is 5.94. The summed E-state index contributed by atoms with van der Waals surface area (Å²) in [5.74, 6) is -0.434. The van der Waals surface area contributed by atoms with Crippen molar-refractivity contribution in [3.63, 3.8) is 0 Å². The smallest absolute Gasteiger partial charge is 0.300 e. The molecule has 0 amide bonds. The Morgan fingerprint density at radius 3 is 2.71 bits per heavy atom. The summed E-state index contributed by atoms with van der Waals surface area (Å²) in [5, 5.41) is 13.2. The van der Waals surface area contributed by atoms with Crippen LogP contribution in [0.5, 0.6) is 0 Å². The number of aromatic nitrogens is 1. The molecule has 0 aliphatic carbocycles. The molecule has 1 aromatic heterocycles. The van der Waals surface area contributed by atoms with Crippen LogP contribution in [0.15, 0.2) is 33.6 Å². The van der Waals surface area contributed by atoms with Gasteiger partial charge in [0.1, 0.15) is 11.6 Å². The molecule has 6 nitrogen and oxygen atoms in total. The number of rotatable bonds is 2. The van der Waals surface area contributed by atoms with Crippen molar-refractivity contribution in [1.29, 1.82) is 0 Å². The Morgan fingerprint density at radius 1 is 1.42 bits per heavy atom. The molecule has 0 radical (unpaired) electrons. The highest BCUT2D eigenvalue weighted by molar-refractivity contribution is 6.30. The van der Waals surface area contributed by atoms with Crippen LogP contribution in [0.3, 0.4) is 0 Å². The first-order chi connectivity index (χ1) is 11.4. The van der Waals surface area contributed by atoms with Crippen LogP contribution in [0.1, 0.15) is 43.0 Å².